The summed E-state index contributed by atoms with van der Waals surface area (Å²) in [4.78, 5) is 12.4. The van der Waals surface area contributed by atoms with E-state index < -0.39 is 5.97 Å². The van der Waals surface area contributed by atoms with Crippen LogP contribution < -0.4 is 9.47 Å². The maximum Gasteiger partial charge on any atom is 0.336 e. The van der Waals surface area contributed by atoms with E-state index in [-0.39, 0.29) is 5.56 Å². The largest absolute Gasteiger partial charge is 0.497 e. The van der Waals surface area contributed by atoms with Crippen LogP contribution in [0.5, 0.6) is 11.5 Å². The van der Waals surface area contributed by atoms with E-state index in [0.717, 1.165) is 33.5 Å². The number of rotatable bonds is 5. The molecule has 5 nitrogen and oxygen atoms in total. The van der Waals surface area contributed by atoms with Gasteiger partial charge >= 0.3 is 5.97 Å². The first-order valence-electron chi connectivity index (χ1n) is 9.17. The average molecular weight is 387 g/mol. The SMILES string of the molecule is COc1ccc(-c2cc3c(ccn3C)c(-c3ccc(OC)cc3)c2C(=O)O)cc1. The van der Waals surface area contributed by atoms with Gasteiger partial charge in [-0.05, 0) is 53.1 Å². The summed E-state index contributed by atoms with van der Waals surface area (Å²) in [5, 5.41) is 11.1. The van der Waals surface area contributed by atoms with Gasteiger partial charge in [0.15, 0.2) is 0 Å². The van der Waals surface area contributed by atoms with Crippen molar-refractivity contribution in [3.63, 3.8) is 0 Å². The zero-order chi connectivity index (χ0) is 20.5. The minimum Gasteiger partial charge on any atom is -0.497 e. The molecule has 0 saturated heterocycles. The Morgan fingerprint density at radius 1 is 0.862 bits per heavy atom. The van der Waals surface area contributed by atoms with Crippen LogP contribution in [-0.2, 0) is 7.05 Å². The van der Waals surface area contributed by atoms with Crippen molar-refractivity contribution in [1.82, 2.24) is 4.57 Å². The molecule has 0 fully saturated rings. The Morgan fingerprint density at radius 2 is 1.41 bits per heavy atom. The van der Waals surface area contributed by atoms with E-state index in [1.165, 1.54) is 0 Å². The second-order valence-electron chi connectivity index (χ2n) is 6.80. The summed E-state index contributed by atoms with van der Waals surface area (Å²) < 4.78 is 12.5. The number of nitrogens with zero attached hydrogens (tertiary/aromatic N) is 1. The third-order valence-corrected chi connectivity index (χ3v) is 5.18. The highest BCUT2D eigenvalue weighted by molar-refractivity contribution is 6.12. The van der Waals surface area contributed by atoms with Crippen LogP contribution in [0.4, 0.5) is 0 Å². The molecule has 1 N–H and O–H groups in total. The number of ether oxygens (including phenoxy) is 2. The number of hydrogen-bond acceptors (Lipinski definition) is 3. The Bertz CT molecular complexity index is 1190. The van der Waals surface area contributed by atoms with E-state index in [2.05, 4.69) is 0 Å². The molecule has 0 aliphatic heterocycles. The molecule has 0 unspecified atom stereocenters. The summed E-state index contributed by atoms with van der Waals surface area (Å²) >= 11 is 0. The van der Waals surface area contributed by atoms with Gasteiger partial charge in [0, 0.05) is 29.7 Å². The molecule has 0 saturated carbocycles. The predicted molar refractivity (Wildman–Crippen MR) is 114 cm³/mol. The molecule has 146 valence electrons. The van der Waals surface area contributed by atoms with Gasteiger partial charge in [0.25, 0.3) is 0 Å². The maximum absolute atomic E-state index is 12.4. The Morgan fingerprint density at radius 3 is 1.93 bits per heavy atom. The van der Waals surface area contributed by atoms with Gasteiger partial charge in [-0.25, -0.2) is 4.79 Å². The lowest BCUT2D eigenvalue weighted by molar-refractivity contribution is 0.0698. The van der Waals surface area contributed by atoms with Crippen molar-refractivity contribution in [1.29, 1.82) is 0 Å². The molecule has 1 heterocycles. The number of fused-ring (bicyclic) bond motifs is 1. The fourth-order valence-electron chi connectivity index (χ4n) is 3.69. The number of carboxylic acids is 1. The highest BCUT2D eigenvalue weighted by Crippen LogP contribution is 2.40. The van der Waals surface area contributed by atoms with Gasteiger partial charge in [-0.1, -0.05) is 24.3 Å². The molecule has 0 atom stereocenters. The van der Waals surface area contributed by atoms with E-state index >= 15 is 0 Å². The number of carboxylic acid groups (broad SMARTS) is 1. The van der Waals surface area contributed by atoms with E-state index in [4.69, 9.17) is 9.47 Å². The Hall–Kier alpha value is -3.73. The van der Waals surface area contributed by atoms with Crippen molar-refractivity contribution < 1.29 is 19.4 Å². The number of hydrogen-bond donors (Lipinski definition) is 1. The molecule has 3 aromatic carbocycles. The molecule has 0 amide bonds. The van der Waals surface area contributed by atoms with Gasteiger partial charge in [0.1, 0.15) is 11.5 Å². The first kappa shape index (κ1) is 18.6. The Balaban J connectivity index is 2.06. The van der Waals surface area contributed by atoms with E-state index in [9.17, 15) is 9.90 Å². The highest BCUT2D eigenvalue weighted by atomic mass is 16.5. The number of aromatic nitrogens is 1. The van der Waals surface area contributed by atoms with Crippen LogP contribution in [-0.4, -0.2) is 29.9 Å². The van der Waals surface area contributed by atoms with Crippen molar-refractivity contribution in [3.8, 4) is 33.8 Å². The summed E-state index contributed by atoms with van der Waals surface area (Å²) in [6.07, 6.45) is 1.95. The Labute approximate surface area is 168 Å². The van der Waals surface area contributed by atoms with Gasteiger partial charge in [-0.3, -0.25) is 0 Å². The summed E-state index contributed by atoms with van der Waals surface area (Å²) in [6.45, 7) is 0. The molecule has 29 heavy (non-hydrogen) atoms. The smallest absolute Gasteiger partial charge is 0.336 e. The minimum absolute atomic E-state index is 0.277. The van der Waals surface area contributed by atoms with Gasteiger partial charge < -0.3 is 19.1 Å². The molecule has 4 rings (SSSR count). The molecule has 0 bridgehead atoms. The summed E-state index contributed by atoms with van der Waals surface area (Å²) in [7, 11) is 5.17. The van der Waals surface area contributed by atoms with Crippen LogP contribution in [0.15, 0.2) is 66.9 Å². The number of carbonyl (C=O) groups is 1. The maximum atomic E-state index is 12.4. The van der Waals surface area contributed by atoms with E-state index in [0.29, 0.717) is 11.1 Å². The number of aryl methyl sites for hydroxylation is 1. The summed E-state index contributed by atoms with van der Waals surface area (Å²) in [5.74, 6) is 0.481. The van der Waals surface area contributed by atoms with Crippen LogP contribution in [0.25, 0.3) is 33.2 Å². The Kier molecular flexibility index (Phi) is 4.72. The third kappa shape index (κ3) is 3.21. The summed E-state index contributed by atoms with van der Waals surface area (Å²) in [6, 6.07) is 18.8. The molecule has 0 aliphatic carbocycles. The zero-order valence-corrected chi connectivity index (χ0v) is 16.5. The molecule has 1 aromatic heterocycles. The molecule has 4 aromatic rings. The molecule has 0 aliphatic rings. The predicted octanol–water partition coefficient (Wildman–Crippen LogP) is 5.23. The number of methoxy groups -OCH3 is 2. The third-order valence-electron chi connectivity index (χ3n) is 5.18. The average Bonchev–Trinajstić information content (AvgIpc) is 3.13. The fraction of sp³-hybridized carbons (Fsp3) is 0.125. The molecule has 5 heteroatoms. The first-order chi connectivity index (χ1) is 14.0. The van der Waals surface area contributed by atoms with Crippen LogP contribution in [0, 0.1) is 0 Å². The van der Waals surface area contributed by atoms with Crippen LogP contribution in [0.3, 0.4) is 0 Å². The standard InChI is InChI=1S/C24H21NO4/c1-25-13-12-19-21(25)14-20(15-4-8-17(28-2)9-5-15)23(24(26)27)22(19)16-6-10-18(29-3)11-7-16/h4-14H,1-3H3,(H,26,27). The lowest BCUT2D eigenvalue weighted by Gasteiger charge is -2.16. The normalized spacial score (nSPS) is 10.9. The lowest BCUT2D eigenvalue weighted by Crippen LogP contribution is -2.04. The minimum atomic E-state index is -0.965. The highest BCUT2D eigenvalue weighted by Gasteiger charge is 2.22. The van der Waals surface area contributed by atoms with Crippen molar-refractivity contribution in [2.75, 3.05) is 14.2 Å². The van der Waals surface area contributed by atoms with Crippen molar-refractivity contribution in [3.05, 3.63) is 72.4 Å². The number of benzene rings is 3. The van der Waals surface area contributed by atoms with Crippen molar-refractivity contribution in [2.45, 2.75) is 0 Å². The molecule has 0 radical (unpaired) electrons. The van der Waals surface area contributed by atoms with E-state index in [1.54, 1.807) is 14.2 Å². The van der Waals surface area contributed by atoms with E-state index in [1.807, 2.05) is 78.5 Å². The first-order valence-corrected chi connectivity index (χ1v) is 9.17. The number of aromatic carboxylic acids is 1. The molecule has 0 spiro atoms. The molecular weight excluding hydrogens is 366 g/mol. The van der Waals surface area contributed by atoms with Gasteiger partial charge in [0.2, 0.25) is 0 Å². The second kappa shape index (κ2) is 7.36. The quantitative estimate of drug-likeness (QED) is 0.509. The molecular formula is C24H21NO4. The van der Waals surface area contributed by atoms with Crippen LogP contribution in [0.2, 0.25) is 0 Å². The van der Waals surface area contributed by atoms with Gasteiger partial charge in [-0.15, -0.1) is 0 Å². The van der Waals surface area contributed by atoms with Crippen LogP contribution >= 0.6 is 0 Å². The lowest BCUT2D eigenvalue weighted by atomic mass is 9.89. The van der Waals surface area contributed by atoms with Gasteiger partial charge in [0.05, 0.1) is 19.8 Å². The monoisotopic (exact) mass is 387 g/mol. The van der Waals surface area contributed by atoms with Crippen molar-refractivity contribution >= 4 is 16.9 Å². The summed E-state index contributed by atoms with van der Waals surface area (Å²) in [5.41, 5.74) is 4.26. The topological polar surface area (TPSA) is 60.7 Å². The second-order valence-corrected chi connectivity index (χ2v) is 6.80. The zero-order valence-electron chi connectivity index (χ0n) is 16.5. The van der Waals surface area contributed by atoms with Crippen LogP contribution in [0.1, 0.15) is 10.4 Å². The van der Waals surface area contributed by atoms with Gasteiger partial charge in [-0.2, -0.15) is 0 Å². The van der Waals surface area contributed by atoms with Crippen molar-refractivity contribution in [2.24, 2.45) is 7.05 Å². The fourth-order valence-corrected chi connectivity index (χ4v) is 3.69.